The van der Waals surface area contributed by atoms with Gasteiger partial charge in [0.05, 0.1) is 4.90 Å². The summed E-state index contributed by atoms with van der Waals surface area (Å²) in [6.45, 7) is 0. The second-order valence-corrected chi connectivity index (χ2v) is 7.51. The van der Waals surface area contributed by atoms with E-state index in [1.165, 1.54) is 6.07 Å². The number of furan rings is 1. The highest BCUT2D eigenvalue weighted by atomic mass is 32.2. The number of fused-ring (bicyclic) bond motifs is 3. The lowest BCUT2D eigenvalue weighted by molar-refractivity contribution is 0.0945. The van der Waals surface area contributed by atoms with Gasteiger partial charge in [0.25, 0.3) is 15.9 Å². The minimum Gasteiger partial charge on any atom is -0.456 e. The maximum Gasteiger partial charge on any atom is 0.266 e. The molecule has 27 heavy (non-hydrogen) atoms. The zero-order valence-electron chi connectivity index (χ0n) is 13.8. The fraction of sp³-hybridized carbons (Fsp3) is 0. The first-order valence-corrected chi connectivity index (χ1v) is 9.41. The molecule has 0 atom stereocenters. The van der Waals surface area contributed by atoms with Crippen LogP contribution >= 0.6 is 0 Å². The number of halogens is 1. The van der Waals surface area contributed by atoms with E-state index < -0.39 is 21.7 Å². The van der Waals surface area contributed by atoms with Crippen molar-refractivity contribution in [3.05, 3.63) is 78.1 Å². The monoisotopic (exact) mass is 384 g/mol. The summed E-state index contributed by atoms with van der Waals surface area (Å²) < 4.78 is 42.9. The molecule has 0 saturated heterocycles. The molecule has 0 aliphatic heterocycles. The number of carbonyl (C=O) groups excluding carboxylic acids is 1. The summed E-state index contributed by atoms with van der Waals surface area (Å²) >= 11 is 0. The van der Waals surface area contributed by atoms with Crippen LogP contribution < -0.4 is 10.3 Å². The number of nitrogens with one attached hydrogen (secondary N) is 2. The van der Waals surface area contributed by atoms with Crippen LogP contribution in [0.15, 0.2) is 76.0 Å². The summed E-state index contributed by atoms with van der Waals surface area (Å²) in [6.07, 6.45) is 0. The molecule has 1 aromatic heterocycles. The van der Waals surface area contributed by atoms with Gasteiger partial charge >= 0.3 is 0 Å². The fourth-order valence-electron chi connectivity index (χ4n) is 2.73. The molecule has 6 nitrogen and oxygen atoms in total. The van der Waals surface area contributed by atoms with Gasteiger partial charge in [-0.2, -0.15) is 0 Å². The van der Waals surface area contributed by atoms with Crippen molar-refractivity contribution in [2.45, 2.75) is 4.90 Å². The Morgan fingerprint density at radius 3 is 2.37 bits per heavy atom. The summed E-state index contributed by atoms with van der Waals surface area (Å²) in [6, 6.07) is 16.5. The Labute approximate surface area is 153 Å². The molecule has 2 N–H and O–H groups in total. The van der Waals surface area contributed by atoms with Crippen LogP contribution in [0.25, 0.3) is 21.9 Å². The summed E-state index contributed by atoms with van der Waals surface area (Å²) in [5.41, 5.74) is 3.74. The number of benzene rings is 3. The second-order valence-electron chi connectivity index (χ2n) is 5.82. The third-order valence-electron chi connectivity index (χ3n) is 4.06. The van der Waals surface area contributed by atoms with Gasteiger partial charge in [-0.25, -0.2) is 12.8 Å². The SMILES string of the molecule is O=C(NNS(=O)(=O)c1ccc(F)cc1)c1ccc2oc3ccccc3c2c1. The van der Waals surface area contributed by atoms with Gasteiger partial charge in [0.1, 0.15) is 17.0 Å². The normalized spacial score (nSPS) is 11.7. The minimum atomic E-state index is -4.01. The van der Waals surface area contributed by atoms with E-state index in [2.05, 4.69) is 5.43 Å². The van der Waals surface area contributed by atoms with Crippen LogP contribution in [0.4, 0.5) is 4.39 Å². The van der Waals surface area contributed by atoms with Crippen LogP contribution in [0.5, 0.6) is 0 Å². The van der Waals surface area contributed by atoms with Gasteiger partial charge in [0.2, 0.25) is 0 Å². The first-order chi connectivity index (χ1) is 12.9. The minimum absolute atomic E-state index is 0.166. The molecular weight excluding hydrogens is 371 g/mol. The van der Waals surface area contributed by atoms with Crippen LogP contribution in [0.2, 0.25) is 0 Å². The van der Waals surface area contributed by atoms with E-state index in [1.54, 1.807) is 12.1 Å². The maximum atomic E-state index is 12.9. The predicted octanol–water partition coefficient (Wildman–Crippen LogP) is 3.35. The Morgan fingerprint density at radius 2 is 1.59 bits per heavy atom. The van der Waals surface area contributed by atoms with Crippen molar-refractivity contribution >= 4 is 37.9 Å². The van der Waals surface area contributed by atoms with Crippen molar-refractivity contribution in [3.8, 4) is 0 Å². The van der Waals surface area contributed by atoms with Crippen molar-refractivity contribution in [2.75, 3.05) is 0 Å². The van der Waals surface area contributed by atoms with Gasteiger partial charge in [-0.3, -0.25) is 10.2 Å². The van der Waals surface area contributed by atoms with E-state index in [1.807, 2.05) is 29.1 Å². The number of para-hydroxylation sites is 1. The summed E-state index contributed by atoms with van der Waals surface area (Å²) in [5, 5.41) is 1.61. The molecule has 0 spiro atoms. The fourth-order valence-corrected chi connectivity index (χ4v) is 3.56. The molecule has 136 valence electrons. The highest BCUT2D eigenvalue weighted by Gasteiger charge is 2.16. The molecule has 4 aromatic rings. The number of rotatable bonds is 4. The molecule has 0 unspecified atom stereocenters. The Morgan fingerprint density at radius 1 is 0.889 bits per heavy atom. The van der Waals surface area contributed by atoms with Crippen LogP contribution in [-0.4, -0.2) is 14.3 Å². The van der Waals surface area contributed by atoms with Crippen LogP contribution in [0.3, 0.4) is 0 Å². The maximum absolute atomic E-state index is 12.9. The average molecular weight is 384 g/mol. The zero-order valence-corrected chi connectivity index (χ0v) is 14.6. The van der Waals surface area contributed by atoms with E-state index in [0.717, 1.165) is 35.0 Å². The molecule has 0 bridgehead atoms. The molecule has 1 amide bonds. The van der Waals surface area contributed by atoms with E-state index >= 15 is 0 Å². The Hall–Kier alpha value is -3.23. The largest absolute Gasteiger partial charge is 0.456 e. The number of amides is 1. The third kappa shape index (κ3) is 3.27. The lowest BCUT2D eigenvalue weighted by Crippen LogP contribution is -2.41. The lowest BCUT2D eigenvalue weighted by Gasteiger charge is -2.08. The molecule has 8 heteroatoms. The first kappa shape index (κ1) is 17.2. The van der Waals surface area contributed by atoms with Crippen molar-refractivity contribution in [1.29, 1.82) is 0 Å². The lowest BCUT2D eigenvalue weighted by atomic mass is 10.1. The molecule has 0 aliphatic carbocycles. The highest BCUT2D eigenvalue weighted by molar-refractivity contribution is 7.89. The smallest absolute Gasteiger partial charge is 0.266 e. The average Bonchev–Trinajstić information content (AvgIpc) is 3.04. The molecule has 0 aliphatic rings. The standard InChI is InChI=1S/C19H13FN2O4S/c20-13-6-8-14(9-7-13)27(24,25)22-21-19(23)12-5-10-18-16(11-12)15-3-1-2-4-17(15)26-18/h1-11,22H,(H,21,23). The van der Waals surface area contributed by atoms with Gasteiger partial charge in [-0.05, 0) is 48.5 Å². The predicted molar refractivity (Wildman–Crippen MR) is 97.9 cm³/mol. The van der Waals surface area contributed by atoms with Crippen molar-refractivity contribution in [3.63, 3.8) is 0 Å². The molecule has 3 aromatic carbocycles. The molecular formula is C19H13FN2O4S. The van der Waals surface area contributed by atoms with Crippen molar-refractivity contribution in [2.24, 2.45) is 0 Å². The third-order valence-corrected chi connectivity index (χ3v) is 5.33. The first-order valence-electron chi connectivity index (χ1n) is 7.93. The number of hydrogen-bond acceptors (Lipinski definition) is 4. The van der Waals surface area contributed by atoms with Gasteiger partial charge < -0.3 is 4.42 Å². The van der Waals surface area contributed by atoms with E-state index in [0.29, 0.717) is 11.2 Å². The van der Waals surface area contributed by atoms with Crippen LogP contribution in [0.1, 0.15) is 10.4 Å². The van der Waals surface area contributed by atoms with E-state index in [9.17, 15) is 17.6 Å². The molecule has 0 radical (unpaired) electrons. The summed E-state index contributed by atoms with van der Waals surface area (Å²) in [7, 11) is -4.01. The molecule has 1 heterocycles. The van der Waals surface area contributed by atoms with E-state index in [4.69, 9.17) is 4.42 Å². The van der Waals surface area contributed by atoms with Crippen molar-refractivity contribution in [1.82, 2.24) is 10.3 Å². The highest BCUT2D eigenvalue weighted by Crippen LogP contribution is 2.29. The van der Waals surface area contributed by atoms with Crippen LogP contribution in [-0.2, 0) is 10.0 Å². The van der Waals surface area contributed by atoms with Crippen LogP contribution in [0, 0.1) is 5.82 Å². The van der Waals surface area contributed by atoms with E-state index in [-0.39, 0.29) is 10.5 Å². The molecule has 0 saturated carbocycles. The zero-order chi connectivity index (χ0) is 19.0. The summed E-state index contributed by atoms with van der Waals surface area (Å²) in [4.78, 5) is 14.2. The second kappa shape index (κ2) is 6.49. The Kier molecular flexibility index (Phi) is 4.14. The van der Waals surface area contributed by atoms with Gasteiger partial charge in [-0.15, -0.1) is 4.83 Å². The Balaban J connectivity index is 1.57. The topological polar surface area (TPSA) is 88.4 Å². The molecule has 0 fully saturated rings. The summed E-state index contributed by atoms with van der Waals surface area (Å²) in [5.74, 6) is -1.19. The van der Waals surface area contributed by atoms with Gasteiger partial charge in [0, 0.05) is 16.3 Å². The molecule has 4 rings (SSSR count). The van der Waals surface area contributed by atoms with Gasteiger partial charge in [-0.1, -0.05) is 18.2 Å². The van der Waals surface area contributed by atoms with Gasteiger partial charge in [0.15, 0.2) is 0 Å². The number of sulfonamides is 1. The number of hydrogen-bond donors (Lipinski definition) is 2. The Bertz CT molecular complexity index is 1260. The number of hydrazine groups is 1. The number of carbonyl (C=O) groups is 1. The van der Waals surface area contributed by atoms with Crippen molar-refractivity contribution < 1.29 is 22.0 Å². The quantitative estimate of drug-likeness (QED) is 0.528.